The first-order chi connectivity index (χ1) is 5.68. The van der Waals surface area contributed by atoms with Gasteiger partial charge in [0.25, 0.3) is 0 Å². The maximum Gasteiger partial charge on any atom is 0.0125 e. The van der Waals surface area contributed by atoms with Crippen LogP contribution >= 0.6 is 0 Å². The van der Waals surface area contributed by atoms with E-state index in [1.54, 1.807) is 0 Å². The highest BCUT2D eigenvalue weighted by molar-refractivity contribution is 5.01. The summed E-state index contributed by atoms with van der Waals surface area (Å²) in [7, 11) is 0. The minimum Gasteiger partial charge on any atom is -0.313 e. The van der Waals surface area contributed by atoms with Crippen LogP contribution in [-0.4, -0.2) is 25.2 Å². The van der Waals surface area contributed by atoms with Crippen LogP contribution in [0.4, 0.5) is 0 Å². The van der Waals surface area contributed by atoms with Crippen LogP contribution in [0, 0.1) is 5.41 Å². The van der Waals surface area contributed by atoms with Crippen LogP contribution in [0.25, 0.3) is 0 Å². The molecule has 0 aromatic rings. The average Bonchev–Trinajstić information content (AvgIpc) is 2.84. The van der Waals surface area contributed by atoms with Crippen molar-refractivity contribution >= 4 is 0 Å². The van der Waals surface area contributed by atoms with E-state index < -0.39 is 0 Å². The van der Waals surface area contributed by atoms with Crippen molar-refractivity contribution in [3.8, 4) is 0 Å². The van der Waals surface area contributed by atoms with Crippen molar-refractivity contribution in [2.24, 2.45) is 5.41 Å². The molecule has 0 aromatic carbocycles. The first kappa shape index (κ1) is 8.52. The van der Waals surface area contributed by atoms with Gasteiger partial charge >= 0.3 is 0 Å². The third-order valence-corrected chi connectivity index (χ3v) is 3.04. The van der Waals surface area contributed by atoms with Gasteiger partial charge in [0, 0.05) is 25.2 Å². The first-order valence-corrected chi connectivity index (χ1v) is 5.15. The van der Waals surface area contributed by atoms with Crippen molar-refractivity contribution in [1.29, 1.82) is 0 Å². The van der Waals surface area contributed by atoms with Crippen molar-refractivity contribution in [2.45, 2.75) is 45.2 Å². The fourth-order valence-corrected chi connectivity index (χ4v) is 1.63. The Labute approximate surface area is 75.1 Å². The molecule has 0 aliphatic heterocycles. The van der Waals surface area contributed by atoms with E-state index in [0.29, 0.717) is 5.41 Å². The third kappa shape index (κ3) is 2.20. The summed E-state index contributed by atoms with van der Waals surface area (Å²) in [5.74, 6) is 0. The number of nitrogens with one attached hydrogen (secondary N) is 2. The summed E-state index contributed by atoms with van der Waals surface area (Å²) in [5.41, 5.74) is 0.583. The van der Waals surface area contributed by atoms with Crippen LogP contribution < -0.4 is 10.6 Å². The zero-order valence-corrected chi connectivity index (χ0v) is 8.19. The molecule has 2 nitrogen and oxygen atoms in total. The number of rotatable bonds is 5. The van der Waals surface area contributed by atoms with Crippen LogP contribution in [0.2, 0.25) is 0 Å². The molecule has 0 aromatic heterocycles. The van der Waals surface area contributed by atoms with Gasteiger partial charge in [0.05, 0.1) is 0 Å². The standard InChI is InChI=1S/C10H20N2/c1-10(2)7-9(10)12-6-5-11-8-3-4-8/h8-9,11-12H,3-7H2,1-2H3. The molecule has 2 rings (SSSR count). The SMILES string of the molecule is CC1(C)CC1NCCNC1CC1. The van der Waals surface area contributed by atoms with E-state index in [9.17, 15) is 0 Å². The molecule has 2 saturated carbocycles. The average molecular weight is 168 g/mol. The maximum absolute atomic E-state index is 3.57. The largest absolute Gasteiger partial charge is 0.313 e. The highest BCUT2D eigenvalue weighted by atomic mass is 15.0. The van der Waals surface area contributed by atoms with Gasteiger partial charge in [-0.15, -0.1) is 0 Å². The molecule has 2 heteroatoms. The lowest BCUT2D eigenvalue weighted by molar-refractivity contribution is 0.528. The van der Waals surface area contributed by atoms with Crippen LogP contribution in [-0.2, 0) is 0 Å². The Morgan fingerprint density at radius 2 is 1.75 bits per heavy atom. The molecular weight excluding hydrogens is 148 g/mol. The summed E-state index contributed by atoms with van der Waals surface area (Å²) < 4.78 is 0. The molecular formula is C10H20N2. The van der Waals surface area contributed by atoms with Crippen LogP contribution in [0.3, 0.4) is 0 Å². The van der Waals surface area contributed by atoms with E-state index in [-0.39, 0.29) is 0 Å². The maximum atomic E-state index is 3.57. The Balaban J connectivity index is 1.47. The van der Waals surface area contributed by atoms with Crippen LogP contribution in [0.15, 0.2) is 0 Å². The number of hydrogen-bond acceptors (Lipinski definition) is 2. The molecule has 12 heavy (non-hydrogen) atoms. The predicted octanol–water partition coefficient (Wildman–Crippen LogP) is 1.13. The van der Waals surface area contributed by atoms with Gasteiger partial charge in [0.15, 0.2) is 0 Å². The molecule has 0 bridgehead atoms. The fraction of sp³-hybridized carbons (Fsp3) is 1.00. The molecule has 0 heterocycles. The van der Waals surface area contributed by atoms with Crippen molar-refractivity contribution in [3.05, 3.63) is 0 Å². The molecule has 2 fully saturated rings. The van der Waals surface area contributed by atoms with Gasteiger partial charge in [-0.2, -0.15) is 0 Å². The summed E-state index contributed by atoms with van der Waals surface area (Å²) in [6.07, 6.45) is 4.15. The molecule has 0 radical (unpaired) electrons. The van der Waals surface area contributed by atoms with Crippen molar-refractivity contribution in [2.75, 3.05) is 13.1 Å². The second kappa shape index (κ2) is 3.00. The van der Waals surface area contributed by atoms with E-state index in [0.717, 1.165) is 25.2 Å². The molecule has 1 atom stereocenters. The van der Waals surface area contributed by atoms with Gasteiger partial charge in [0.1, 0.15) is 0 Å². The first-order valence-electron chi connectivity index (χ1n) is 5.15. The second-order valence-corrected chi connectivity index (χ2v) is 4.93. The van der Waals surface area contributed by atoms with Gasteiger partial charge in [-0.1, -0.05) is 13.8 Å². The number of hydrogen-bond donors (Lipinski definition) is 2. The summed E-state index contributed by atoms with van der Waals surface area (Å²) in [4.78, 5) is 0. The summed E-state index contributed by atoms with van der Waals surface area (Å²) in [6.45, 7) is 6.96. The molecule has 2 aliphatic rings. The monoisotopic (exact) mass is 168 g/mol. The summed E-state index contributed by atoms with van der Waals surface area (Å²) >= 11 is 0. The Hall–Kier alpha value is -0.0800. The second-order valence-electron chi connectivity index (χ2n) is 4.93. The van der Waals surface area contributed by atoms with Gasteiger partial charge in [0.2, 0.25) is 0 Å². The molecule has 2 N–H and O–H groups in total. The Kier molecular flexibility index (Phi) is 2.13. The lowest BCUT2D eigenvalue weighted by Crippen LogP contribution is -2.31. The predicted molar refractivity (Wildman–Crippen MR) is 51.2 cm³/mol. The Morgan fingerprint density at radius 3 is 2.25 bits per heavy atom. The van der Waals surface area contributed by atoms with Crippen LogP contribution in [0.1, 0.15) is 33.1 Å². The zero-order valence-electron chi connectivity index (χ0n) is 8.19. The van der Waals surface area contributed by atoms with Crippen molar-refractivity contribution < 1.29 is 0 Å². The Morgan fingerprint density at radius 1 is 1.17 bits per heavy atom. The highest BCUT2D eigenvalue weighted by Crippen LogP contribution is 2.44. The highest BCUT2D eigenvalue weighted by Gasteiger charge is 2.44. The van der Waals surface area contributed by atoms with Gasteiger partial charge in [-0.05, 0) is 24.7 Å². The van der Waals surface area contributed by atoms with Gasteiger partial charge in [-0.3, -0.25) is 0 Å². The molecule has 70 valence electrons. The summed E-state index contributed by atoms with van der Waals surface area (Å²) in [6, 6.07) is 1.65. The minimum absolute atomic E-state index is 0.583. The van der Waals surface area contributed by atoms with Crippen molar-refractivity contribution in [1.82, 2.24) is 10.6 Å². The molecule has 0 spiro atoms. The molecule has 1 unspecified atom stereocenters. The van der Waals surface area contributed by atoms with E-state index in [4.69, 9.17) is 0 Å². The molecule has 2 aliphatic carbocycles. The van der Waals surface area contributed by atoms with E-state index in [2.05, 4.69) is 24.5 Å². The van der Waals surface area contributed by atoms with Gasteiger partial charge < -0.3 is 10.6 Å². The Bertz CT molecular complexity index is 161. The third-order valence-electron chi connectivity index (χ3n) is 3.04. The van der Waals surface area contributed by atoms with Crippen molar-refractivity contribution in [3.63, 3.8) is 0 Å². The molecule has 0 saturated heterocycles. The van der Waals surface area contributed by atoms with E-state index in [1.807, 2.05) is 0 Å². The zero-order chi connectivity index (χ0) is 8.60. The lowest BCUT2D eigenvalue weighted by atomic mass is 10.2. The minimum atomic E-state index is 0.583. The normalized spacial score (nSPS) is 32.0. The van der Waals surface area contributed by atoms with Crippen LogP contribution in [0.5, 0.6) is 0 Å². The molecule has 0 amide bonds. The van der Waals surface area contributed by atoms with E-state index in [1.165, 1.54) is 19.3 Å². The van der Waals surface area contributed by atoms with Gasteiger partial charge in [-0.25, -0.2) is 0 Å². The van der Waals surface area contributed by atoms with E-state index >= 15 is 0 Å². The summed E-state index contributed by atoms with van der Waals surface area (Å²) in [5, 5.41) is 7.07. The fourth-order valence-electron chi connectivity index (χ4n) is 1.63. The smallest absolute Gasteiger partial charge is 0.0125 e. The lowest BCUT2D eigenvalue weighted by Gasteiger charge is -2.06. The quantitative estimate of drug-likeness (QED) is 0.601. The topological polar surface area (TPSA) is 24.1 Å².